The molecule has 2 saturated heterocycles. The lowest BCUT2D eigenvalue weighted by atomic mass is 9.67. The first-order chi connectivity index (χ1) is 15.9. The number of carbonyl (C=O) groups is 3. The number of urea groups is 1. The molecule has 3 heterocycles. The maximum Gasteiger partial charge on any atom is 0.333 e. The van der Waals surface area contributed by atoms with E-state index in [2.05, 4.69) is 9.80 Å². The Kier molecular flexibility index (Phi) is 5.32. The lowest BCUT2D eigenvalue weighted by Gasteiger charge is -2.57. The number of para-hydroxylation sites is 1. The third kappa shape index (κ3) is 3.05. The molecule has 4 amide bonds. The molecule has 2 aromatic rings. The Balaban J connectivity index is 1.69. The Labute approximate surface area is 198 Å². The van der Waals surface area contributed by atoms with E-state index in [0.29, 0.717) is 18.1 Å². The summed E-state index contributed by atoms with van der Waals surface area (Å²) in [6, 6.07) is 14.8. The molecule has 172 valence electrons. The number of barbiturate groups is 1. The van der Waals surface area contributed by atoms with Crippen LogP contribution in [0.2, 0.25) is 5.02 Å². The van der Waals surface area contributed by atoms with Crippen LogP contribution in [-0.2, 0) is 16.0 Å². The van der Waals surface area contributed by atoms with Gasteiger partial charge < -0.3 is 9.80 Å². The number of benzene rings is 2. The smallest absolute Gasteiger partial charge is 0.333 e. The van der Waals surface area contributed by atoms with Gasteiger partial charge in [0.05, 0.1) is 6.04 Å². The van der Waals surface area contributed by atoms with Gasteiger partial charge in [-0.1, -0.05) is 35.9 Å². The molecular formula is C25H27ClN4O3. The largest absolute Gasteiger partial charge is 0.368 e. The number of amides is 4. The highest BCUT2D eigenvalue weighted by atomic mass is 35.5. The van der Waals surface area contributed by atoms with Crippen LogP contribution in [0.25, 0.3) is 0 Å². The Morgan fingerprint density at radius 2 is 1.58 bits per heavy atom. The van der Waals surface area contributed by atoms with Crippen LogP contribution in [-0.4, -0.2) is 66.4 Å². The summed E-state index contributed by atoms with van der Waals surface area (Å²) in [6.07, 6.45) is 0.184. The van der Waals surface area contributed by atoms with Crippen LogP contribution in [0.3, 0.4) is 0 Å². The highest BCUT2D eigenvalue weighted by Crippen LogP contribution is 2.49. The number of halogens is 1. The van der Waals surface area contributed by atoms with Gasteiger partial charge in [-0.2, -0.15) is 0 Å². The standard InChI is InChI=1S/C25H27ClN4O3/c1-3-28-22(31)25(23(32)29(4-2)24(28)33)15-18-19(26)11-8-12-20(18)30-14-13-27(16-21(25)30)17-9-6-5-7-10-17/h5-12,21H,3-4,13-16H2,1-2H3/t21-/m0/s1. The van der Waals surface area contributed by atoms with Crippen molar-refractivity contribution < 1.29 is 14.4 Å². The van der Waals surface area contributed by atoms with Crippen molar-refractivity contribution >= 4 is 40.8 Å². The Hall–Kier alpha value is -3.06. The fraction of sp³-hybridized carbons (Fsp3) is 0.400. The second kappa shape index (κ2) is 8.06. The Morgan fingerprint density at radius 3 is 2.21 bits per heavy atom. The molecule has 5 rings (SSSR count). The number of hydrogen-bond donors (Lipinski definition) is 0. The fourth-order valence-corrected chi connectivity index (χ4v) is 5.88. The highest BCUT2D eigenvalue weighted by molar-refractivity contribution is 6.32. The second-order valence-electron chi connectivity index (χ2n) is 8.76. The van der Waals surface area contributed by atoms with E-state index in [-0.39, 0.29) is 19.5 Å². The first-order valence-electron chi connectivity index (χ1n) is 11.5. The quantitative estimate of drug-likeness (QED) is 0.649. The van der Waals surface area contributed by atoms with E-state index >= 15 is 0 Å². The van der Waals surface area contributed by atoms with Crippen LogP contribution >= 0.6 is 11.6 Å². The van der Waals surface area contributed by atoms with Crippen molar-refractivity contribution in [2.75, 3.05) is 42.5 Å². The van der Waals surface area contributed by atoms with Crippen molar-refractivity contribution in [2.45, 2.75) is 26.3 Å². The topological polar surface area (TPSA) is 64.2 Å². The third-order valence-electron chi connectivity index (χ3n) is 7.28. The number of hydrogen-bond acceptors (Lipinski definition) is 5. The van der Waals surface area contributed by atoms with Crippen LogP contribution < -0.4 is 9.80 Å². The van der Waals surface area contributed by atoms with Crippen LogP contribution in [0.15, 0.2) is 48.5 Å². The van der Waals surface area contributed by atoms with Gasteiger partial charge in [0.2, 0.25) is 11.8 Å². The van der Waals surface area contributed by atoms with Gasteiger partial charge in [-0.15, -0.1) is 0 Å². The van der Waals surface area contributed by atoms with Gasteiger partial charge in [-0.25, -0.2) is 4.79 Å². The summed E-state index contributed by atoms with van der Waals surface area (Å²) < 4.78 is 0. The predicted molar refractivity (Wildman–Crippen MR) is 128 cm³/mol. The molecule has 7 nitrogen and oxygen atoms in total. The molecule has 0 bridgehead atoms. The van der Waals surface area contributed by atoms with E-state index in [0.717, 1.165) is 23.5 Å². The minimum Gasteiger partial charge on any atom is -0.368 e. The summed E-state index contributed by atoms with van der Waals surface area (Å²) in [5, 5.41) is 0.541. The molecule has 0 N–H and O–H groups in total. The molecule has 8 heteroatoms. The normalized spacial score (nSPS) is 22.0. The molecular weight excluding hydrogens is 440 g/mol. The highest BCUT2D eigenvalue weighted by Gasteiger charge is 2.64. The molecule has 0 radical (unpaired) electrons. The van der Waals surface area contributed by atoms with Crippen molar-refractivity contribution in [3.05, 3.63) is 59.1 Å². The van der Waals surface area contributed by atoms with E-state index in [1.807, 2.05) is 42.5 Å². The van der Waals surface area contributed by atoms with Crippen molar-refractivity contribution in [1.82, 2.24) is 9.80 Å². The predicted octanol–water partition coefficient (Wildman–Crippen LogP) is 3.41. The minimum atomic E-state index is -1.41. The summed E-state index contributed by atoms with van der Waals surface area (Å²) in [7, 11) is 0. The molecule has 3 aliphatic heterocycles. The molecule has 3 aliphatic rings. The number of piperazine rings is 1. The number of nitrogens with zero attached hydrogens (tertiary/aromatic N) is 4. The first-order valence-corrected chi connectivity index (χ1v) is 11.8. The molecule has 2 fully saturated rings. The number of rotatable bonds is 3. The lowest BCUT2D eigenvalue weighted by molar-refractivity contribution is -0.160. The fourth-order valence-electron chi connectivity index (χ4n) is 5.64. The third-order valence-corrected chi connectivity index (χ3v) is 7.63. The van der Waals surface area contributed by atoms with Gasteiger partial charge in [0.25, 0.3) is 0 Å². The van der Waals surface area contributed by atoms with Crippen LogP contribution in [0.5, 0.6) is 0 Å². The van der Waals surface area contributed by atoms with Gasteiger partial charge in [0.1, 0.15) is 0 Å². The van der Waals surface area contributed by atoms with Gasteiger partial charge in [0.15, 0.2) is 5.41 Å². The molecule has 2 aromatic carbocycles. The second-order valence-corrected chi connectivity index (χ2v) is 9.16. The van der Waals surface area contributed by atoms with Crippen molar-refractivity contribution in [2.24, 2.45) is 5.41 Å². The number of imide groups is 2. The monoisotopic (exact) mass is 466 g/mol. The van der Waals surface area contributed by atoms with E-state index in [1.54, 1.807) is 19.9 Å². The number of carbonyl (C=O) groups excluding carboxylic acids is 3. The summed E-state index contributed by atoms with van der Waals surface area (Å²) in [6.45, 7) is 5.86. The van der Waals surface area contributed by atoms with Gasteiger partial charge in [-0.05, 0) is 43.7 Å². The summed E-state index contributed by atoms with van der Waals surface area (Å²) >= 11 is 6.61. The Morgan fingerprint density at radius 1 is 0.909 bits per heavy atom. The molecule has 0 aliphatic carbocycles. The number of fused-ring (bicyclic) bond motifs is 4. The van der Waals surface area contributed by atoms with E-state index < -0.39 is 29.3 Å². The van der Waals surface area contributed by atoms with Crippen LogP contribution in [0.1, 0.15) is 19.4 Å². The SMILES string of the molecule is CCN1C(=O)N(CC)C(=O)C2(Cc3c(Cl)cccc3N3CCN(c4ccccc4)C[C@H]32)C1=O. The zero-order valence-corrected chi connectivity index (χ0v) is 19.6. The average Bonchev–Trinajstić information content (AvgIpc) is 2.84. The van der Waals surface area contributed by atoms with Crippen molar-refractivity contribution in [3.8, 4) is 0 Å². The first kappa shape index (κ1) is 21.8. The van der Waals surface area contributed by atoms with E-state index in [9.17, 15) is 14.4 Å². The van der Waals surface area contributed by atoms with Gasteiger partial charge in [-0.3, -0.25) is 19.4 Å². The zero-order valence-electron chi connectivity index (χ0n) is 18.8. The summed E-state index contributed by atoms with van der Waals surface area (Å²) in [4.78, 5) is 47.8. The lowest BCUT2D eigenvalue weighted by Crippen LogP contribution is -2.75. The molecule has 33 heavy (non-hydrogen) atoms. The molecule has 0 unspecified atom stereocenters. The maximum atomic E-state index is 14.0. The van der Waals surface area contributed by atoms with Gasteiger partial charge in [0, 0.05) is 55.5 Å². The molecule has 1 atom stereocenters. The molecule has 0 aromatic heterocycles. The van der Waals surface area contributed by atoms with Crippen LogP contribution in [0.4, 0.5) is 16.2 Å². The van der Waals surface area contributed by atoms with Crippen LogP contribution in [0, 0.1) is 5.41 Å². The average molecular weight is 467 g/mol. The zero-order chi connectivity index (χ0) is 23.3. The van der Waals surface area contributed by atoms with Gasteiger partial charge >= 0.3 is 6.03 Å². The van der Waals surface area contributed by atoms with E-state index in [4.69, 9.17) is 11.6 Å². The minimum absolute atomic E-state index is 0.184. The molecule has 1 spiro atoms. The maximum absolute atomic E-state index is 14.0. The van der Waals surface area contributed by atoms with Crippen molar-refractivity contribution in [1.29, 1.82) is 0 Å². The summed E-state index contributed by atoms with van der Waals surface area (Å²) in [5.41, 5.74) is 1.41. The number of anilines is 2. The Bertz CT molecular complexity index is 1100. The van der Waals surface area contributed by atoms with Crippen molar-refractivity contribution in [3.63, 3.8) is 0 Å². The van der Waals surface area contributed by atoms with E-state index in [1.165, 1.54) is 9.80 Å². The summed E-state index contributed by atoms with van der Waals surface area (Å²) in [5.74, 6) is -0.833. The molecule has 0 saturated carbocycles.